The second-order valence-corrected chi connectivity index (χ2v) is 6.29. The second kappa shape index (κ2) is 11.3. The van der Waals surface area contributed by atoms with Crippen LogP contribution in [0.15, 0.2) is 17.1 Å². The molecule has 0 radical (unpaired) electrons. The van der Waals surface area contributed by atoms with Gasteiger partial charge in [-0.3, -0.25) is 4.99 Å². The quantitative estimate of drug-likeness (QED) is 0.300. The Morgan fingerprint density at radius 1 is 1.18 bits per heavy atom. The number of nitrogens with one attached hydrogen (secondary N) is 2. The molecule has 4 nitrogen and oxygen atoms in total. The topological polar surface area (TPSA) is 39.7 Å². The number of hydrogen-bond acceptors (Lipinski definition) is 2. The zero-order chi connectivity index (χ0) is 14.9. The van der Waals surface area contributed by atoms with E-state index in [0.717, 1.165) is 37.8 Å². The largest absolute Gasteiger partial charge is 0.357 e. The van der Waals surface area contributed by atoms with Gasteiger partial charge in [0.1, 0.15) is 0 Å². The van der Waals surface area contributed by atoms with Crippen molar-refractivity contribution in [1.82, 2.24) is 15.5 Å². The molecule has 1 heterocycles. The summed E-state index contributed by atoms with van der Waals surface area (Å²) in [5.41, 5.74) is 0. The van der Waals surface area contributed by atoms with Crippen molar-refractivity contribution in [3.05, 3.63) is 12.2 Å². The van der Waals surface area contributed by atoms with Crippen molar-refractivity contribution in [3.8, 4) is 0 Å². The number of guanidine groups is 1. The smallest absolute Gasteiger partial charge is 0.191 e. The lowest BCUT2D eigenvalue weighted by atomic mass is 9.97. The first-order valence-electron chi connectivity index (χ1n) is 8.74. The van der Waals surface area contributed by atoms with E-state index in [9.17, 15) is 0 Å². The maximum absolute atomic E-state index is 4.82. The zero-order valence-electron chi connectivity index (χ0n) is 14.2. The summed E-state index contributed by atoms with van der Waals surface area (Å²) in [7, 11) is 0. The van der Waals surface area contributed by atoms with Crippen LogP contribution in [0.2, 0.25) is 0 Å². The SMILES string of the molecule is CCCN1CCC(CN=C(NCC)NC2CC=CC2)CC1.I. The predicted octanol–water partition coefficient (Wildman–Crippen LogP) is 3.00. The Morgan fingerprint density at radius 3 is 2.45 bits per heavy atom. The van der Waals surface area contributed by atoms with Crippen LogP contribution in [0.4, 0.5) is 0 Å². The van der Waals surface area contributed by atoms with Crippen molar-refractivity contribution in [1.29, 1.82) is 0 Å². The third-order valence-electron chi connectivity index (χ3n) is 4.45. The minimum Gasteiger partial charge on any atom is -0.357 e. The van der Waals surface area contributed by atoms with Gasteiger partial charge >= 0.3 is 0 Å². The highest BCUT2D eigenvalue weighted by Gasteiger charge is 2.18. The number of nitrogens with zero attached hydrogens (tertiary/aromatic N) is 2. The van der Waals surface area contributed by atoms with Crippen LogP contribution >= 0.6 is 24.0 Å². The van der Waals surface area contributed by atoms with Gasteiger partial charge in [0.25, 0.3) is 0 Å². The summed E-state index contributed by atoms with van der Waals surface area (Å²) in [5, 5.41) is 6.93. The molecule has 0 bridgehead atoms. The molecule has 22 heavy (non-hydrogen) atoms. The van der Waals surface area contributed by atoms with E-state index in [1.807, 2.05) is 0 Å². The fourth-order valence-corrected chi connectivity index (χ4v) is 3.18. The minimum absolute atomic E-state index is 0. The van der Waals surface area contributed by atoms with E-state index in [2.05, 4.69) is 41.5 Å². The summed E-state index contributed by atoms with van der Waals surface area (Å²) < 4.78 is 0. The number of piperidine rings is 1. The van der Waals surface area contributed by atoms with Gasteiger partial charge in [-0.2, -0.15) is 0 Å². The highest BCUT2D eigenvalue weighted by molar-refractivity contribution is 14.0. The van der Waals surface area contributed by atoms with Crippen molar-refractivity contribution < 1.29 is 0 Å². The third-order valence-corrected chi connectivity index (χ3v) is 4.45. The van der Waals surface area contributed by atoms with Gasteiger partial charge in [-0.05, 0) is 64.6 Å². The van der Waals surface area contributed by atoms with Crippen LogP contribution in [0.5, 0.6) is 0 Å². The van der Waals surface area contributed by atoms with Gasteiger partial charge in [-0.1, -0.05) is 19.1 Å². The monoisotopic (exact) mass is 420 g/mol. The van der Waals surface area contributed by atoms with Crippen LogP contribution in [-0.2, 0) is 0 Å². The zero-order valence-corrected chi connectivity index (χ0v) is 16.5. The summed E-state index contributed by atoms with van der Waals surface area (Å²) in [5.74, 6) is 1.76. The van der Waals surface area contributed by atoms with Crippen molar-refractivity contribution in [2.24, 2.45) is 10.9 Å². The van der Waals surface area contributed by atoms with Gasteiger partial charge in [0.15, 0.2) is 5.96 Å². The molecule has 0 aromatic rings. The van der Waals surface area contributed by atoms with Crippen molar-refractivity contribution >= 4 is 29.9 Å². The summed E-state index contributed by atoms with van der Waals surface area (Å²) in [6, 6.07) is 0.536. The second-order valence-electron chi connectivity index (χ2n) is 6.29. The standard InChI is InChI=1S/C17H32N4.HI/c1-3-11-21-12-9-15(10-13-21)14-19-17(18-4-2)20-16-7-5-6-8-16;/h5-6,15-16H,3-4,7-14H2,1-2H3,(H2,18,19,20);1H. The number of aliphatic imine (C=N–C) groups is 1. The van der Waals surface area contributed by atoms with Crippen LogP contribution in [0, 0.1) is 5.92 Å². The Kier molecular flexibility index (Phi) is 10.1. The van der Waals surface area contributed by atoms with Crippen LogP contribution in [-0.4, -0.2) is 49.6 Å². The molecule has 0 saturated carbocycles. The molecule has 1 saturated heterocycles. The number of halogens is 1. The average Bonchev–Trinajstić information content (AvgIpc) is 3.00. The summed E-state index contributed by atoms with van der Waals surface area (Å²) in [4.78, 5) is 7.41. The number of rotatable bonds is 6. The maximum Gasteiger partial charge on any atom is 0.191 e. The van der Waals surface area contributed by atoms with Crippen LogP contribution < -0.4 is 10.6 Å². The Morgan fingerprint density at radius 2 is 1.86 bits per heavy atom. The highest BCUT2D eigenvalue weighted by atomic mass is 127. The van der Waals surface area contributed by atoms with Gasteiger partial charge in [0.2, 0.25) is 0 Å². The van der Waals surface area contributed by atoms with Crippen molar-refractivity contribution in [3.63, 3.8) is 0 Å². The van der Waals surface area contributed by atoms with E-state index < -0.39 is 0 Å². The average molecular weight is 420 g/mol. The van der Waals surface area contributed by atoms with E-state index >= 15 is 0 Å². The first kappa shape index (κ1) is 19.7. The van der Waals surface area contributed by atoms with Crippen LogP contribution in [0.3, 0.4) is 0 Å². The normalized spacial score (nSPS) is 20.9. The fourth-order valence-electron chi connectivity index (χ4n) is 3.18. The molecule has 2 N–H and O–H groups in total. The molecule has 1 aliphatic heterocycles. The lowest BCUT2D eigenvalue weighted by Gasteiger charge is -2.31. The molecule has 128 valence electrons. The molecule has 0 aromatic heterocycles. The number of likely N-dealkylation sites (tertiary alicyclic amines) is 1. The first-order chi connectivity index (χ1) is 10.3. The molecule has 0 unspecified atom stereocenters. The highest BCUT2D eigenvalue weighted by Crippen LogP contribution is 2.17. The van der Waals surface area contributed by atoms with Gasteiger partial charge in [0.05, 0.1) is 0 Å². The molecule has 2 rings (SSSR count). The molecular weight excluding hydrogens is 387 g/mol. The fraction of sp³-hybridized carbons (Fsp3) is 0.824. The van der Waals surface area contributed by atoms with Crippen LogP contribution in [0.1, 0.15) is 46.0 Å². The molecule has 2 aliphatic rings. The lowest BCUT2D eigenvalue weighted by Crippen LogP contribution is -2.43. The van der Waals surface area contributed by atoms with Gasteiger partial charge in [0, 0.05) is 19.1 Å². The Hall–Kier alpha value is -0.300. The summed E-state index contributed by atoms with van der Waals surface area (Å²) in [6.45, 7) is 10.1. The van der Waals surface area contributed by atoms with E-state index in [1.165, 1.54) is 38.9 Å². The molecular formula is C17H33IN4. The molecule has 1 fully saturated rings. The van der Waals surface area contributed by atoms with Gasteiger partial charge in [-0.25, -0.2) is 0 Å². The molecule has 0 aromatic carbocycles. The third kappa shape index (κ3) is 6.86. The van der Waals surface area contributed by atoms with E-state index in [-0.39, 0.29) is 24.0 Å². The first-order valence-corrected chi connectivity index (χ1v) is 8.74. The summed E-state index contributed by atoms with van der Waals surface area (Å²) in [6.07, 6.45) is 10.6. The molecule has 0 amide bonds. The lowest BCUT2D eigenvalue weighted by molar-refractivity contribution is 0.188. The Labute approximate surface area is 153 Å². The molecule has 0 atom stereocenters. The van der Waals surface area contributed by atoms with E-state index in [1.54, 1.807) is 0 Å². The maximum atomic E-state index is 4.82. The number of hydrogen-bond donors (Lipinski definition) is 2. The van der Waals surface area contributed by atoms with Gasteiger partial charge in [-0.15, -0.1) is 24.0 Å². The van der Waals surface area contributed by atoms with Gasteiger partial charge < -0.3 is 15.5 Å². The minimum atomic E-state index is 0. The van der Waals surface area contributed by atoms with E-state index in [0.29, 0.717) is 6.04 Å². The summed E-state index contributed by atoms with van der Waals surface area (Å²) >= 11 is 0. The molecule has 1 aliphatic carbocycles. The van der Waals surface area contributed by atoms with Crippen molar-refractivity contribution in [2.45, 2.75) is 52.0 Å². The predicted molar refractivity (Wildman–Crippen MR) is 106 cm³/mol. The van der Waals surface area contributed by atoms with Crippen LogP contribution in [0.25, 0.3) is 0 Å². The van der Waals surface area contributed by atoms with Crippen molar-refractivity contribution in [2.75, 3.05) is 32.7 Å². The van der Waals surface area contributed by atoms with E-state index in [4.69, 9.17) is 4.99 Å². The Balaban J connectivity index is 0.00000242. The Bertz CT molecular complexity index is 341. The molecule has 0 spiro atoms. The molecule has 5 heteroatoms.